The number of quaternary nitrogens is 1. The zero-order valence-corrected chi connectivity index (χ0v) is 52.5. The zero-order chi connectivity index (χ0) is 57.2. The van der Waals surface area contributed by atoms with Crippen molar-refractivity contribution in [2.45, 2.75) is 296 Å². The number of unbranched alkanes of at least 4 members (excludes halogenated alkanes) is 30. The van der Waals surface area contributed by atoms with E-state index in [9.17, 15) is 19.0 Å². The van der Waals surface area contributed by atoms with Crippen molar-refractivity contribution >= 4 is 19.7 Å². The quantitative estimate of drug-likeness (QED) is 0.0205. The molecule has 0 rings (SSSR count). The summed E-state index contributed by atoms with van der Waals surface area (Å²) in [6, 6.07) is -0.856. The molecule has 0 aliphatic carbocycles. The zero-order valence-electron chi connectivity index (χ0n) is 51.6. The third kappa shape index (κ3) is 57.9. The average Bonchev–Trinajstić information content (AvgIpc) is 3.40. The van der Waals surface area contributed by atoms with Gasteiger partial charge in [-0.3, -0.25) is 18.6 Å². The molecule has 0 aromatic heterocycles. The van der Waals surface area contributed by atoms with E-state index in [2.05, 4.69) is 99.0 Å². The van der Waals surface area contributed by atoms with Gasteiger partial charge in [-0.2, -0.15) is 0 Å². The number of hydrogen-bond acceptors (Lipinski definition) is 6. The molecule has 0 radical (unpaired) electrons. The molecule has 0 fully saturated rings. The van der Waals surface area contributed by atoms with Crippen LogP contribution in [0.3, 0.4) is 0 Å². The van der Waals surface area contributed by atoms with Gasteiger partial charge in [0.25, 0.3) is 0 Å². The number of ether oxygens (including phenoxy) is 1. The van der Waals surface area contributed by atoms with Gasteiger partial charge in [0.2, 0.25) is 5.91 Å². The Hall–Kier alpha value is -2.81. The highest BCUT2D eigenvalue weighted by atomic mass is 31.2. The van der Waals surface area contributed by atoms with Gasteiger partial charge in [-0.05, 0) is 83.1 Å². The van der Waals surface area contributed by atoms with Crippen LogP contribution in [0.5, 0.6) is 0 Å². The highest BCUT2D eigenvalue weighted by Crippen LogP contribution is 2.43. The molecule has 0 bridgehead atoms. The molecule has 3 atom stereocenters. The molecule has 2 N–H and O–H groups in total. The predicted molar refractivity (Wildman–Crippen MR) is 337 cm³/mol. The summed E-state index contributed by atoms with van der Waals surface area (Å²) in [4.78, 5) is 37.7. The third-order valence-electron chi connectivity index (χ3n) is 14.1. The van der Waals surface area contributed by atoms with E-state index >= 15 is 0 Å². The molecule has 1 amide bonds. The fourth-order valence-corrected chi connectivity index (χ4v) is 9.86. The van der Waals surface area contributed by atoms with Crippen LogP contribution in [0, 0.1) is 0 Å². The Kier molecular flexibility index (Phi) is 55.4. The van der Waals surface area contributed by atoms with E-state index in [0.717, 1.165) is 122 Å². The number of carbonyl (C=O) groups is 2. The van der Waals surface area contributed by atoms with Gasteiger partial charge in [-0.25, -0.2) is 4.57 Å². The second kappa shape index (κ2) is 57.4. The first kappa shape index (κ1) is 75.2. The van der Waals surface area contributed by atoms with Crippen molar-refractivity contribution in [1.29, 1.82) is 0 Å². The molecule has 3 unspecified atom stereocenters. The molecule has 0 aromatic carbocycles. The maximum atomic E-state index is 13.5. The molecule has 0 saturated heterocycles. The number of allylic oxidation sites excluding steroid dienone is 13. The van der Waals surface area contributed by atoms with Gasteiger partial charge < -0.3 is 19.4 Å². The van der Waals surface area contributed by atoms with E-state index in [1.807, 2.05) is 33.3 Å². The number of nitrogens with zero attached hydrogens (tertiary/aromatic N) is 1. The van der Waals surface area contributed by atoms with E-state index in [-0.39, 0.29) is 31.5 Å². The first-order chi connectivity index (χ1) is 37.9. The van der Waals surface area contributed by atoms with Crippen LogP contribution in [0.4, 0.5) is 0 Å². The lowest BCUT2D eigenvalue weighted by Crippen LogP contribution is -2.47. The summed E-state index contributed by atoms with van der Waals surface area (Å²) in [6.45, 7) is 6.90. The van der Waals surface area contributed by atoms with Gasteiger partial charge in [0.05, 0.1) is 33.8 Å². The van der Waals surface area contributed by atoms with Crippen LogP contribution >= 0.6 is 7.82 Å². The molecule has 0 aliphatic heterocycles. The number of carbonyl (C=O) groups excluding carboxylic acids is 2. The Morgan fingerprint density at radius 3 is 1.23 bits per heavy atom. The lowest BCUT2D eigenvalue weighted by atomic mass is 10.0. The number of nitrogens with one attached hydrogen (secondary N) is 1. The smallest absolute Gasteiger partial charge is 0.456 e. The van der Waals surface area contributed by atoms with E-state index in [0.29, 0.717) is 17.4 Å². The Labute approximate surface area is 482 Å². The van der Waals surface area contributed by atoms with Crippen LogP contribution in [0.1, 0.15) is 284 Å². The molecule has 452 valence electrons. The number of rotatable bonds is 58. The van der Waals surface area contributed by atoms with Crippen LogP contribution in [0.2, 0.25) is 0 Å². The van der Waals surface area contributed by atoms with Gasteiger partial charge in [0.1, 0.15) is 19.3 Å². The topological polar surface area (TPSA) is 111 Å². The summed E-state index contributed by atoms with van der Waals surface area (Å²) in [5, 5.41) is 3.06. The fraction of sp³-hybridized carbons (Fsp3) is 0.765. The average molecular weight is 1110 g/mol. The number of hydrogen-bond donors (Lipinski definition) is 2. The third-order valence-corrected chi connectivity index (χ3v) is 15.1. The van der Waals surface area contributed by atoms with Crippen molar-refractivity contribution in [2.24, 2.45) is 0 Å². The molecular weight excluding hydrogens is 988 g/mol. The number of amides is 1. The minimum Gasteiger partial charge on any atom is -0.456 e. The van der Waals surface area contributed by atoms with Crippen molar-refractivity contribution in [3.05, 3.63) is 85.1 Å². The Morgan fingerprint density at radius 2 is 0.821 bits per heavy atom. The largest absolute Gasteiger partial charge is 0.472 e. The summed E-state index contributed by atoms with van der Waals surface area (Å²) in [6.07, 6.45) is 75.8. The number of likely N-dealkylation sites (N-methyl/N-ethyl adjacent to an activating group) is 1. The fourth-order valence-electron chi connectivity index (χ4n) is 9.12. The van der Waals surface area contributed by atoms with E-state index in [4.69, 9.17) is 13.8 Å². The second-order valence-corrected chi connectivity index (χ2v) is 24.4. The number of phosphoric ester groups is 1. The summed E-state index contributed by atoms with van der Waals surface area (Å²) in [7, 11) is 1.49. The summed E-state index contributed by atoms with van der Waals surface area (Å²) in [5.74, 6) is -0.517. The van der Waals surface area contributed by atoms with Crippen LogP contribution in [-0.2, 0) is 27.9 Å². The van der Waals surface area contributed by atoms with E-state index in [1.165, 1.54) is 128 Å². The Balaban J connectivity index is 5.19. The highest BCUT2D eigenvalue weighted by Gasteiger charge is 2.30. The molecule has 10 heteroatoms. The lowest BCUT2D eigenvalue weighted by Gasteiger charge is -2.27. The molecule has 0 heterocycles. The first-order valence-electron chi connectivity index (χ1n) is 32.4. The van der Waals surface area contributed by atoms with Crippen molar-refractivity contribution in [1.82, 2.24) is 5.32 Å². The van der Waals surface area contributed by atoms with Crippen molar-refractivity contribution in [2.75, 3.05) is 40.9 Å². The lowest BCUT2D eigenvalue weighted by molar-refractivity contribution is -0.870. The van der Waals surface area contributed by atoms with Crippen molar-refractivity contribution < 1.29 is 37.3 Å². The summed E-state index contributed by atoms with van der Waals surface area (Å²) >= 11 is 0. The maximum absolute atomic E-state index is 13.5. The second-order valence-electron chi connectivity index (χ2n) is 22.9. The van der Waals surface area contributed by atoms with Crippen LogP contribution < -0.4 is 5.32 Å². The maximum Gasteiger partial charge on any atom is 0.472 e. The molecule has 0 aromatic rings. The van der Waals surface area contributed by atoms with Gasteiger partial charge >= 0.3 is 13.8 Å². The molecular formula is C68H124N2O7P+. The van der Waals surface area contributed by atoms with Gasteiger partial charge in [0.15, 0.2) is 0 Å². The monoisotopic (exact) mass is 1110 g/mol. The first-order valence-corrected chi connectivity index (χ1v) is 33.9. The standard InChI is InChI=1S/C68H123N2O7P/c1-7-10-13-16-19-22-25-28-30-31-32-33-34-35-36-37-38-39-41-43-46-49-52-55-58-61-68(72)77-66(59-56-53-50-47-44-27-24-21-18-15-12-9-3)65(64-76-78(73,74)75-63-62-70(4,5)6)69-67(71)60-57-54-51-48-45-42-40-29-26-23-20-17-14-11-8-2/h10,13,19,22,28,30,32-33,35-36,38-39,56,59,65-66H,7-9,11-12,14-18,20-21,23-27,29,31,34,37,40-55,57-58,60-64H2,1-6H3,(H-,69,71,73,74)/p+1/b13-10-,22-19-,30-28-,33-32-,36-35-,39-38-,59-56+. The predicted octanol–water partition coefficient (Wildman–Crippen LogP) is 20.2. The van der Waals surface area contributed by atoms with E-state index < -0.39 is 20.0 Å². The van der Waals surface area contributed by atoms with Gasteiger partial charge in [-0.1, -0.05) is 273 Å². The highest BCUT2D eigenvalue weighted by molar-refractivity contribution is 7.47. The van der Waals surface area contributed by atoms with Crippen LogP contribution in [0.25, 0.3) is 0 Å². The Morgan fingerprint density at radius 1 is 0.462 bits per heavy atom. The normalized spacial score (nSPS) is 14.2. The van der Waals surface area contributed by atoms with Crippen LogP contribution in [-0.4, -0.2) is 74.3 Å². The summed E-state index contributed by atoms with van der Waals surface area (Å²) in [5.41, 5.74) is 0. The minimum absolute atomic E-state index is 0.0359. The van der Waals surface area contributed by atoms with Crippen LogP contribution in [0.15, 0.2) is 85.1 Å². The summed E-state index contributed by atoms with van der Waals surface area (Å²) < 4.78 is 30.7. The minimum atomic E-state index is -4.45. The number of phosphoric acid groups is 1. The molecule has 9 nitrogen and oxygen atoms in total. The van der Waals surface area contributed by atoms with Crippen molar-refractivity contribution in [3.8, 4) is 0 Å². The molecule has 0 saturated carbocycles. The van der Waals surface area contributed by atoms with Gasteiger partial charge in [-0.15, -0.1) is 0 Å². The SMILES string of the molecule is CC/C=C\C/C=C\C/C=C\C/C=C\C/C=C\C/C=C\CCCCCCCCC(=O)OC(/C=C/CCCCCCCCCCCC)C(COP(=O)(O)OCC[N+](C)(C)C)NC(=O)CCCCCCCCCCCCCCCCC. The van der Waals surface area contributed by atoms with Crippen molar-refractivity contribution in [3.63, 3.8) is 0 Å². The number of esters is 1. The van der Waals surface area contributed by atoms with Gasteiger partial charge in [0, 0.05) is 12.8 Å². The molecule has 78 heavy (non-hydrogen) atoms. The Bertz CT molecular complexity index is 1610. The molecule has 0 spiro atoms. The molecule has 0 aliphatic rings. The van der Waals surface area contributed by atoms with E-state index in [1.54, 1.807) is 0 Å².